The molecular weight excluding hydrogens is 625 g/mol. The van der Waals surface area contributed by atoms with E-state index in [1.807, 2.05) is 7.05 Å². The molecule has 2 fully saturated rings. The molecule has 0 spiro atoms. The van der Waals surface area contributed by atoms with E-state index in [9.17, 15) is 19.2 Å². The van der Waals surface area contributed by atoms with Crippen molar-refractivity contribution < 1.29 is 32.3 Å². The minimum atomic E-state index is -4.03. The van der Waals surface area contributed by atoms with Crippen LogP contribution in [0, 0.1) is 23.1 Å². The highest BCUT2D eigenvalue weighted by molar-refractivity contribution is 5.98. The van der Waals surface area contributed by atoms with Gasteiger partial charge in [-0.05, 0) is 55.6 Å². The maximum atomic E-state index is 15.5. The maximum Gasteiger partial charge on any atom is 0.349 e. The largest absolute Gasteiger partial charge is 0.349 e. The van der Waals surface area contributed by atoms with Crippen LogP contribution in [0.25, 0.3) is 0 Å². The number of nitriles is 1. The monoisotopic (exact) mass is 668 g/mol. The molecule has 2 aromatic carbocycles. The van der Waals surface area contributed by atoms with Crippen LogP contribution in [-0.4, -0.2) is 78.7 Å². The van der Waals surface area contributed by atoms with Gasteiger partial charge in [0.05, 0.1) is 17.3 Å². The van der Waals surface area contributed by atoms with Gasteiger partial charge in [-0.2, -0.15) is 14.0 Å². The molecule has 4 rings (SSSR count). The van der Waals surface area contributed by atoms with Crippen LogP contribution in [-0.2, 0) is 31.5 Å². The second kappa shape index (κ2) is 16.6. The zero-order valence-corrected chi connectivity index (χ0v) is 27.4. The number of nitrogens with one attached hydrogen (secondary N) is 3. The van der Waals surface area contributed by atoms with Crippen LogP contribution < -0.4 is 16.0 Å². The lowest BCUT2D eigenvalue weighted by molar-refractivity contribution is -0.149. The number of hydrogen-bond donors (Lipinski definition) is 3. The number of halogens is 3. The summed E-state index contributed by atoms with van der Waals surface area (Å²) in [7, 11) is 1.96. The third-order valence-electron chi connectivity index (χ3n) is 9.08. The van der Waals surface area contributed by atoms with Gasteiger partial charge in [-0.1, -0.05) is 50.8 Å². The van der Waals surface area contributed by atoms with Gasteiger partial charge in [-0.3, -0.25) is 19.2 Å². The summed E-state index contributed by atoms with van der Waals surface area (Å²) >= 11 is 0. The predicted octanol–water partition coefficient (Wildman–Crippen LogP) is 4.09. The second-order valence-electron chi connectivity index (χ2n) is 12.6. The molecule has 13 heteroatoms. The smallest absolute Gasteiger partial charge is 0.344 e. The van der Waals surface area contributed by atoms with Crippen molar-refractivity contribution in [1.29, 1.82) is 5.26 Å². The Kier molecular flexibility index (Phi) is 12.6. The highest BCUT2D eigenvalue weighted by Gasteiger charge is 2.44. The van der Waals surface area contributed by atoms with E-state index in [1.54, 1.807) is 17.9 Å². The summed E-state index contributed by atoms with van der Waals surface area (Å²) in [6.07, 6.45) is 4.52. The molecule has 2 aromatic rings. The van der Waals surface area contributed by atoms with Gasteiger partial charge in [0.1, 0.15) is 17.9 Å². The summed E-state index contributed by atoms with van der Waals surface area (Å²) in [6.45, 7) is 4.06. The molecule has 4 amide bonds. The highest BCUT2D eigenvalue weighted by Crippen LogP contribution is 2.31. The Balaban J connectivity index is 1.51. The number of benzene rings is 2. The number of hydrogen-bond acceptors (Lipinski definition) is 6. The van der Waals surface area contributed by atoms with Crippen molar-refractivity contribution >= 4 is 29.3 Å². The van der Waals surface area contributed by atoms with E-state index in [0.717, 1.165) is 43.9 Å². The van der Waals surface area contributed by atoms with E-state index in [2.05, 4.69) is 20.9 Å². The van der Waals surface area contributed by atoms with Crippen molar-refractivity contribution in [2.75, 3.05) is 38.5 Å². The van der Waals surface area contributed by atoms with Gasteiger partial charge in [-0.15, -0.1) is 0 Å². The first-order valence-electron chi connectivity index (χ1n) is 16.5. The van der Waals surface area contributed by atoms with E-state index in [4.69, 9.17) is 5.26 Å². The average Bonchev–Trinajstić information content (AvgIpc) is 3.37. The fraction of sp³-hybridized carbons (Fsp3) is 0.514. The van der Waals surface area contributed by atoms with Crippen LogP contribution in [0.15, 0.2) is 42.5 Å². The molecule has 48 heavy (non-hydrogen) atoms. The van der Waals surface area contributed by atoms with E-state index in [-0.39, 0.29) is 35.9 Å². The number of alkyl halides is 2. The van der Waals surface area contributed by atoms with Crippen LogP contribution in [0.1, 0.15) is 68.6 Å². The molecule has 1 heterocycles. The number of amides is 4. The molecule has 2 atom stereocenters. The summed E-state index contributed by atoms with van der Waals surface area (Å²) in [5.41, 5.74) is -0.535. The molecule has 0 bridgehead atoms. The number of anilines is 1. The first-order chi connectivity index (χ1) is 22.9. The van der Waals surface area contributed by atoms with E-state index >= 15 is 13.2 Å². The SMILES string of the molecule is CCC(=O)N[C@H](Cc1ccc(NC(=O)[C@@H](NC(=O)C(F)(F)c2cccc(C#N)c2)C2CCCCCC2)c(F)c1)C(=O)N1CCN(C)CC1. The van der Waals surface area contributed by atoms with Crippen LogP contribution >= 0.6 is 0 Å². The van der Waals surface area contributed by atoms with Crippen molar-refractivity contribution in [3.05, 3.63) is 65.0 Å². The Morgan fingerprint density at radius 2 is 1.67 bits per heavy atom. The number of carbonyl (C=O) groups is 4. The van der Waals surface area contributed by atoms with Gasteiger partial charge in [0.2, 0.25) is 17.7 Å². The molecule has 10 nitrogen and oxygen atoms in total. The van der Waals surface area contributed by atoms with Crippen molar-refractivity contribution in [3.8, 4) is 6.07 Å². The Labute approximate surface area is 279 Å². The number of nitrogens with zero attached hydrogens (tertiary/aromatic N) is 3. The van der Waals surface area contributed by atoms with Gasteiger partial charge < -0.3 is 25.8 Å². The first kappa shape index (κ1) is 36.4. The summed E-state index contributed by atoms with van der Waals surface area (Å²) in [5.74, 6) is -8.41. The molecule has 0 aromatic heterocycles. The molecule has 1 aliphatic carbocycles. The summed E-state index contributed by atoms with van der Waals surface area (Å²) in [4.78, 5) is 56.0. The maximum absolute atomic E-state index is 15.5. The van der Waals surface area contributed by atoms with Crippen molar-refractivity contribution in [1.82, 2.24) is 20.4 Å². The third kappa shape index (κ3) is 9.34. The van der Waals surface area contributed by atoms with E-state index in [1.165, 1.54) is 24.3 Å². The molecule has 0 unspecified atom stereocenters. The summed E-state index contributed by atoms with van der Waals surface area (Å²) in [6, 6.07) is 8.04. The molecular formula is C35H43F3N6O4. The fourth-order valence-electron chi connectivity index (χ4n) is 6.17. The molecule has 1 saturated heterocycles. The fourth-order valence-corrected chi connectivity index (χ4v) is 6.17. The Hall–Kier alpha value is -4.44. The molecule has 1 saturated carbocycles. The van der Waals surface area contributed by atoms with Gasteiger partial charge in [0, 0.05) is 44.6 Å². The van der Waals surface area contributed by atoms with Crippen molar-refractivity contribution in [2.24, 2.45) is 5.92 Å². The van der Waals surface area contributed by atoms with Crippen LogP contribution in [0.3, 0.4) is 0 Å². The Morgan fingerprint density at radius 3 is 2.29 bits per heavy atom. The zero-order chi connectivity index (χ0) is 34.8. The van der Waals surface area contributed by atoms with E-state index in [0.29, 0.717) is 44.6 Å². The van der Waals surface area contributed by atoms with Crippen LogP contribution in [0.4, 0.5) is 18.9 Å². The molecule has 2 aliphatic rings. The quantitative estimate of drug-likeness (QED) is 0.309. The van der Waals surface area contributed by atoms with Crippen molar-refractivity contribution in [3.63, 3.8) is 0 Å². The average molecular weight is 669 g/mol. The zero-order valence-electron chi connectivity index (χ0n) is 27.4. The van der Waals surface area contributed by atoms with Gasteiger partial charge in [0.25, 0.3) is 5.91 Å². The normalized spacial score (nSPS) is 17.4. The minimum Gasteiger partial charge on any atom is -0.344 e. The Morgan fingerprint density at radius 1 is 0.979 bits per heavy atom. The molecule has 0 radical (unpaired) electrons. The number of carbonyl (C=O) groups excluding carboxylic acids is 4. The van der Waals surface area contributed by atoms with Crippen LogP contribution in [0.5, 0.6) is 0 Å². The lowest BCUT2D eigenvalue weighted by atomic mass is 9.90. The van der Waals surface area contributed by atoms with Gasteiger partial charge >= 0.3 is 5.92 Å². The molecule has 258 valence electrons. The number of rotatable bonds is 11. The summed E-state index contributed by atoms with van der Waals surface area (Å²) < 4.78 is 46.1. The lowest BCUT2D eigenvalue weighted by Crippen LogP contribution is -2.54. The Bertz CT molecular complexity index is 1510. The molecule has 3 N–H and O–H groups in total. The first-order valence-corrected chi connectivity index (χ1v) is 16.5. The van der Waals surface area contributed by atoms with E-state index < -0.39 is 47.1 Å². The third-order valence-corrected chi connectivity index (χ3v) is 9.08. The van der Waals surface area contributed by atoms with Gasteiger partial charge in [-0.25, -0.2) is 4.39 Å². The lowest BCUT2D eigenvalue weighted by Gasteiger charge is -2.34. The number of piperazine rings is 1. The number of likely N-dealkylation sites (N-methyl/N-ethyl adjacent to an activating group) is 1. The minimum absolute atomic E-state index is 0.0187. The van der Waals surface area contributed by atoms with Gasteiger partial charge in [0.15, 0.2) is 0 Å². The highest BCUT2D eigenvalue weighted by atomic mass is 19.3. The topological polar surface area (TPSA) is 135 Å². The molecule has 1 aliphatic heterocycles. The summed E-state index contributed by atoms with van der Waals surface area (Å²) in [5, 5.41) is 16.6. The standard InChI is InChI=1S/C35H43F3N6O4/c1-3-30(45)40-29(33(47)44-17-15-43(2)16-18-44)21-23-13-14-28(27(36)20-23)41-32(46)31(25-10-6-4-5-7-11-25)42-34(48)35(37,38)26-12-8-9-24(19-26)22-39/h8-9,12-14,19-20,25,29,31H,3-7,10-11,15-18,21H2,1-2H3,(H,40,45)(H,41,46)(H,42,48)/t29-,31+/m1/s1. The second-order valence-corrected chi connectivity index (χ2v) is 12.6. The van der Waals surface area contributed by atoms with Crippen molar-refractivity contribution in [2.45, 2.75) is 76.3 Å². The van der Waals surface area contributed by atoms with Crippen LogP contribution in [0.2, 0.25) is 0 Å². The predicted molar refractivity (Wildman–Crippen MR) is 173 cm³/mol.